The molecule has 8 heteroatoms. The minimum Gasteiger partial charge on any atom is -0.351 e. The van der Waals surface area contributed by atoms with Gasteiger partial charge in [0.25, 0.3) is 5.91 Å². The van der Waals surface area contributed by atoms with E-state index in [2.05, 4.69) is 15.6 Å². The maximum atomic E-state index is 13.1. The number of halogens is 2. The molecule has 2 aromatic carbocycles. The molecule has 29 heavy (non-hydrogen) atoms. The molecule has 2 rings (SSSR count). The average molecular weight is 420 g/mol. The van der Waals surface area contributed by atoms with E-state index >= 15 is 0 Å². The van der Waals surface area contributed by atoms with Gasteiger partial charge in [0, 0.05) is 22.2 Å². The van der Waals surface area contributed by atoms with E-state index < -0.39 is 17.9 Å². The van der Waals surface area contributed by atoms with Crippen LogP contribution in [0.25, 0.3) is 0 Å². The van der Waals surface area contributed by atoms with Gasteiger partial charge in [0.2, 0.25) is 5.96 Å². The Balaban J connectivity index is 2.11. The SMILES string of the molecule is CC(C)(C)N/C(=N/C(=O)c1ccc(F)cc1)NC(N)CC(N)c1ccc(Cl)cc1. The molecule has 0 heterocycles. The number of aliphatic imine (C=N–C) groups is 1. The van der Waals surface area contributed by atoms with Crippen LogP contribution in [0.4, 0.5) is 4.39 Å². The van der Waals surface area contributed by atoms with E-state index in [1.54, 1.807) is 12.1 Å². The third-order valence-corrected chi connectivity index (χ3v) is 4.18. The summed E-state index contributed by atoms with van der Waals surface area (Å²) >= 11 is 5.91. The molecule has 0 radical (unpaired) electrons. The third kappa shape index (κ3) is 7.81. The summed E-state index contributed by atoms with van der Waals surface area (Å²) in [5.74, 6) is -0.712. The average Bonchev–Trinajstić information content (AvgIpc) is 2.61. The van der Waals surface area contributed by atoms with Crippen LogP contribution in [-0.2, 0) is 0 Å². The Morgan fingerprint density at radius 3 is 2.24 bits per heavy atom. The molecular weight excluding hydrogens is 393 g/mol. The van der Waals surface area contributed by atoms with Crippen LogP contribution in [0, 0.1) is 5.82 Å². The Hall–Kier alpha value is -2.48. The van der Waals surface area contributed by atoms with Crippen LogP contribution in [-0.4, -0.2) is 23.6 Å². The zero-order valence-corrected chi connectivity index (χ0v) is 17.5. The smallest absolute Gasteiger partial charge is 0.280 e. The first kappa shape index (κ1) is 22.8. The zero-order valence-electron chi connectivity index (χ0n) is 16.7. The number of nitrogens with one attached hydrogen (secondary N) is 2. The number of benzene rings is 2. The van der Waals surface area contributed by atoms with Crippen molar-refractivity contribution in [3.8, 4) is 0 Å². The highest BCUT2D eigenvalue weighted by atomic mass is 35.5. The van der Waals surface area contributed by atoms with Gasteiger partial charge in [-0.1, -0.05) is 23.7 Å². The molecule has 156 valence electrons. The monoisotopic (exact) mass is 419 g/mol. The molecule has 0 aromatic heterocycles. The molecule has 2 unspecified atom stereocenters. The molecule has 0 fully saturated rings. The Bertz CT molecular complexity index is 847. The highest BCUT2D eigenvalue weighted by Gasteiger charge is 2.18. The van der Waals surface area contributed by atoms with Gasteiger partial charge in [-0.15, -0.1) is 0 Å². The van der Waals surface area contributed by atoms with Crippen molar-refractivity contribution in [1.29, 1.82) is 0 Å². The molecule has 1 amide bonds. The number of hydrogen-bond donors (Lipinski definition) is 4. The lowest BCUT2D eigenvalue weighted by molar-refractivity contribution is 0.100. The van der Waals surface area contributed by atoms with Crippen LogP contribution in [0.3, 0.4) is 0 Å². The van der Waals surface area contributed by atoms with E-state index in [1.165, 1.54) is 24.3 Å². The van der Waals surface area contributed by atoms with Crippen LogP contribution in [0.1, 0.15) is 49.2 Å². The van der Waals surface area contributed by atoms with E-state index in [-0.39, 0.29) is 23.1 Å². The standard InChI is InChI=1S/C21H27ClFN5O/c1-21(2,3)28-20(27-19(29)14-6-10-16(23)11-7-14)26-18(25)12-17(24)13-4-8-15(22)9-5-13/h4-11,17-18H,12,24-25H2,1-3H3,(H2,26,27,28,29). The highest BCUT2D eigenvalue weighted by molar-refractivity contribution is 6.30. The molecule has 0 aliphatic carbocycles. The minimum absolute atomic E-state index is 0.225. The first-order valence-corrected chi connectivity index (χ1v) is 9.61. The fourth-order valence-corrected chi connectivity index (χ4v) is 2.69. The van der Waals surface area contributed by atoms with E-state index in [0.717, 1.165) is 5.56 Å². The minimum atomic E-state index is -0.560. The molecule has 6 N–H and O–H groups in total. The zero-order chi connectivity index (χ0) is 21.6. The summed E-state index contributed by atoms with van der Waals surface area (Å²) < 4.78 is 13.1. The van der Waals surface area contributed by atoms with E-state index in [0.29, 0.717) is 11.4 Å². The number of amides is 1. The number of carbonyl (C=O) groups is 1. The topological polar surface area (TPSA) is 106 Å². The van der Waals surface area contributed by atoms with E-state index in [4.69, 9.17) is 23.1 Å². The third-order valence-electron chi connectivity index (χ3n) is 3.93. The molecule has 2 aromatic rings. The van der Waals surface area contributed by atoms with Gasteiger partial charge in [0.05, 0.1) is 6.17 Å². The van der Waals surface area contributed by atoms with Crippen molar-refractivity contribution < 1.29 is 9.18 Å². The van der Waals surface area contributed by atoms with Crippen molar-refractivity contribution in [3.63, 3.8) is 0 Å². The number of nitrogens with two attached hydrogens (primary N) is 2. The molecule has 0 bridgehead atoms. The van der Waals surface area contributed by atoms with E-state index in [9.17, 15) is 9.18 Å². The van der Waals surface area contributed by atoms with Crippen LogP contribution >= 0.6 is 11.6 Å². The Labute approximate surface area is 175 Å². The normalized spacial score (nSPS) is 14.2. The van der Waals surface area contributed by atoms with Gasteiger partial charge in [0.1, 0.15) is 5.82 Å². The van der Waals surface area contributed by atoms with E-state index in [1.807, 2.05) is 32.9 Å². The van der Waals surface area contributed by atoms with Gasteiger partial charge in [-0.05, 0) is 69.2 Å². The quantitative estimate of drug-likeness (QED) is 0.338. The Morgan fingerprint density at radius 1 is 1.10 bits per heavy atom. The van der Waals surface area contributed by atoms with Gasteiger partial charge in [-0.2, -0.15) is 4.99 Å². The first-order chi connectivity index (χ1) is 13.5. The van der Waals surface area contributed by atoms with Crippen molar-refractivity contribution >= 4 is 23.5 Å². The second kappa shape index (κ2) is 9.82. The number of nitrogens with zero attached hydrogens (tertiary/aromatic N) is 1. The summed E-state index contributed by atoms with van der Waals surface area (Å²) in [4.78, 5) is 16.5. The van der Waals surface area contributed by atoms with Gasteiger partial charge in [0.15, 0.2) is 0 Å². The summed E-state index contributed by atoms with van der Waals surface area (Å²) in [5, 5.41) is 6.77. The highest BCUT2D eigenvalue weighted by Crippen LogP contribution is 2.17. The van der Waals surface area contributed by atoms with Crippen LogP contribution in [0.2, 0.25) is 5.02 Å². The van der Waals surface area contributed by atoms with Crippen LogP contribution < -0.4 is 22.1 Å². The van der Waals surface area contributed by atoms with Gasteiger partial charge in [-0.25, -0.2) is 4.39 Å². The predicted molar refractivity (Wildman–Crippen MR) is 115 cm³/mol. The molecule has 0 saturated heterocycles. The Kier molecular flexibility index (Phi) is 7.73. The van der Waals surface area contributed by atoms with Gasteiger partial charge < -0.3 is 22.1 Å². The van der Waals surface area contributed by atoms with Crippen molar-refractivity contribution in [2.45, 2.75) is 44.9 Å². The molecular formula is C21H27ClFN5O. The summed E-state index contributed by atoms with van der Waals surface area (Å²) in [6.45, 7) is 5.78. The number of hydrogen-bond acceptors (Lipinski definition) is 3. The molecule has 0 saturated carbocycles. The second-order valence-corrected chi connectivity index (χ2v) is 8.23. The predicted octanol–water partition coefficient (Wildman–Crippen LogP) is 3.33. The number of guanidine groups is 1. The number of carbonyl (C=O) groups excluding carboxylic acids is 1. The van der Waals surface area contributed by atoms with Crippen LogP contribution in [0.15, 0.2) is 53.5 Å². The second-order valence-electron chi connectivity index (χ2n) is 7.79. The first-order valence-electron chi connectivity index (χ1n) is 9.23. The molecule has 0 aliphatic heterocycles. The van der Waals surface area contributed by atoms with Crippen molar-refractivity contribution in [2.75, 3.05) is 0 Å². The maximum absolute atomic E-state index is 13.1. The van der Waals surface area contributed by atoms with Crippen molar-refractivity contribution in [1.82, 2.24) is 10.6 Å². The van der Waals surface area contributed by atoms with Gasteiger partial charge >= 0.3 is 0 Å². The largest absolute Gasteiger partial charge is 0.351 e. The molecule has 0 spiro atoms. The lowest BCUT2D eigenvalue weighted by Gasteiger charge is -2.27. The summed E-state index contributed by atoms with van der Waals surface area (Å²) in [5.41, 5.74) is 13.2. The lowest BCUT2D eigenvalue weighted by Crippen LogP contribution is -2.54. The van der Waals surface area contributed by atoms with Gasteiger partial charge in [-0.3, -0.25) is 4.79 Å². The maximum Gasteiger partial charge on any atom is 0.280 e. The molecule has 6 nitrogen and oxygen atoms in total. The summed E-state index contributed by atoms with van der Waals surface area (Å²) in [6.07, 6.45) is -0.160. The number of rotatable bonds is 5. The lowest BCUT2D eigenvalue weighted by atomic mass is 10.0. The molecule has 2 atom stereocenters. The molecule has 0 aliphatic rings. The van der Waals surface area contributed by atoms with Crippen molar-refractivity contribution in [2.24, 2.45) is 16.5 Å². The Morgan fingerprint density at radius 2 is 1.69 bits per heavy atom. The summed E-state index contributed by atoms with van der Waals surface area (Å²) in [6, 6.07) is 12.1. The van der Waals surface area contributed by atoms with Crippen LogP contribution in [0.5, 0.6) is 0 Å². The fourth-order valence-electron chi connectivity index (χ4n) is 2.56. The summed E-state index contributed by atoms with van der Waals surface area (Å²) in [7, 11) is 0. The fraction of sp³-hybridized carbons (Fsp3) is 0.333. The van der Waals surface area contributed by atoms with Crippen molar-refractivity contribution in [3.05, 3.63) is 70.5 Å².